The number of rotatable bonds is 12. The average molecular weight is 601 g/mol. The first-order chi connectivity index (χ1) is 18.2. The van der Waals surface area contributed by atoms with E-state index in [1.807, 2.05) is 51.1 Å². The van der Waals surface area contributed by atoms with Crippen LogP contribution in [-0.4, -0.2) is 43.8 Å². The van der Waals surface area contributed by atoms with Gasteiger partial charge in [-0.15, -0.1) is 0 Å². The first-order valence-corrected chi connectivity index (χ1v) is 14.9. The Labute approximate surface area is 234 Å². The molecule has 7 nitrogen and oxygen atoms in total. The van der Waals surface area contributed by atoms with E-state index in [1.165, 1.54) is 17.0 Å². The quantitative estimate of drug-likeness (QED) is 0.303. The van der Waals surface area contributed by atoms with Crippen LogP contribution in [0, 0.1) is 0 Å². The summed E-state index contributed by atoms with van der Waals surface area (Å²) >= 11 is 3.38. The van der Waals surface area contributed by atoms with E-state index in [9.17, 15) is 18.0 Å². The maximum Gasteiger partial charge on any atom is 0.264 e. The van der Waals surface area contributed by atoms with Gasteiger partial charge in [-0.3, -0.25) is 13.9 Å². The van der Waals surface area contributed by atoms with Crippen LogP contribution in [0.3, 0.4) is 0 Å². The Morgan fingerprint density at radius 3 is 2.00 bits per heavy atom. The predicted molar refractivity (Wildman–Crippen MR) is 154 cm³/mol. The van der Waals surface area contributed by atoms with Crippen LogP contribution in [0.5, 0.6) is 0 Å². The van der Waals surface area contributed by atoms with Gasteiger partial charge in [0.15, 0.2) is 0 Å². The normalized spacial score (nSPS) is 12.8. The van der Waals surface area contributed by atoms with Crippen molar-refractivity contribution in [2.45, 2.75) is 57.1 Å². The molecule has 0 fully saturated rings. The van der Waals surface area contributed by atoms with Gasteiger partial charge in [-0.05, 0) is 61.7 Å². The molecule has 2 atom stereocenters. The summed E-state index contributed by atoms with van der Waals surface area (Å²) in [5.74, 6) is -0.727. The van der Waals surface area contributed by atoms with Crippen molar-refractivity contribution in [1.82, 2.24) is 10.2 Å². The molecule has 3 rings (SSSR count). The second kappa shape index (κ2) is 13.6. The number of carbonyl (C=O) groups is 2. The number of sulfonamides is 1. The summed E-state index contributed by atoms with van der Waals surface area (Å²) in [6.45, 7) is 5.45. The van der Waals surface area contributed by atoms with Crippen molar-refractivity contribution in [2.75, 3.05) is 10.8 Å². The second-order valence-electron chi connectivity index (χ2n) is 9.05. The zero-order valence-corrected chi connectivity index (χ0v) is 24.3. The van der Waals surface area contributed by atoms with Crippen molar-refractivity contribution >= 4 is 43.5 Å². The van der Waals surface area contributed by atoms with Crippen LogP contribution in [-0.2, 0) is 26.2 Å². The van der Waals surface area contributed by atoms with E-state index in [0.29, 0.717) is 12.1 Å². The predicted octanol–water partition coefficient (Wildman–Crippen LogP) is 5.37. The molecule has 1 N–H and O–H groups in total. The third-order valence-corrected chi connectivity index (χ3v) is 8.62. The first kappa shape index (κ1) is 29.4. The highest BCUT2D eigenvalue weighted by Gasteiger charge is 2.33. The van der Waals surface area contributed by atoms with E-state index in [1.54, 1.807) is 42.5 Å². The lowest BCUT2D eigenvalue weighted by Crippen LogP contribution is -2.53. The lowest BCUT2D eigenvalue weighted by molar-refractivity contribution is -0.140. The monoisotopic (exact) mass is 599 g/mol. The molecule has 0 bridgehead atoms. The molecule has 0 radical (unpaired) electrons. The van der Waals surface area contributed by atoms with Crippen molar-refractivity contribution in [3.63, 3.8) is 0 Å². The Hall–Kier alpha value is -3.17. The van der Waals surface area contributed by atoms with E-state index in [0.717, 1.165) is 20.8 Å². The minimum absolute atomic E-state index is 0.0528. The molecular weight excluding hydrogens is 566 g/mol. The third kappa shape index (κ3) is 7.45. The van der Waals surface area contributed by atoms with Gasteiger partial charge in [0.05, 0.1) is 10.6 Å². The number of nitrogens with zero attached hydrogens (tertiary/aromatic N) is 2. The summed E-state index contributed by atoms with van der Waals surface area (Å²) in [5.41, 5.74) is 1.19. The Morgan fingerprint density at radius 2 is 1.45 bits per heavy atom. The van der Waals surface area contributed by atoms with Gasteiger partial charge in [-0.25, -0.2) is 8.42 Å². The molecule has 38 heavy (non-hydrogen) atoms. The maximum atomic E-state index is 14.0. The van der Waals surface area contributed by atoms with Gasteiger partial charge in [-0.1, -0.05) is 78.3 Å². The van der Waals surface area contributed by atoms with Crippen LogP contribution in [0.2, 0.25) is 0 Å². The van der Waals surface area contributed by atoms with Gasteiger partial charge in [-0.2, -0.15) is 0 Å². The van der Waals surface area contributed by atoms with Crippen LogP contribution < -0.4 is 9.62 Å². The highest BCUT2D eigenvalue weighted by Crippen LogP contribution is 2.26. The Kier molecular flexibility index (Phi) is 10.5. The number of amides is 2. The molecule has 2 amide bonds. The van der Waals surface area contributed by atoms with Gasteiger partial charge < -0.3 is 10.2 Å². The third-order valence-electron chi connectivity index (χ3n) is 6.31. The molecule has 0 saturated heterocycles. The zero-order chi connectivity index (χ0) is 27.7. The number of nitrogens with one attached hydrogen (secondary N) is 1. The van der Waals surface area contributed by atoms with Crippen molar-refractivity contribution < 1.29 is 18.0 Å². The van der Waals surface area contributed by atoms with E-state index in [4.69, 9.17) is 0 Å². The summed E-state index contributed by atoms with van der Waals surface area (Å²) in [5, 5.41) is 2.98. The molecular formula is C29H34BrN3O4S. The molecule has 0 aliphatic carbocycles. The average Bonchev–Trinajstić information content (AvgIpc) is 2.93. The Bertz CT molecular complexity index is 1300. The minimum Gasteiger partial charge on any atom is -0.352 e. The molecule has 9 heteroatoms. The van der Waals surface area contributed by atoms with E-state index in [2.05, 4.69) is 21.2 Å². The maximum absolute atomic E-state index is 14.0. The number of anilines is 1. The van der Waals surface area contributed by atoms with Gasteiger partial charge in [0.1, 0.15) is 12.6 Å². The Morgan fingerprint density at radius 1 is 0.868 bits per heavy atom. The fourth-order valence-corrected chi connectivity index (χ4v) is 5.70. The highest BCUT2D eigenvalue weighted by atomic mass is 79.9. The number of carbonyl (C=O) groups excluding carboxylic acids is 2. The van der Waals surface area contributed by atoms with Gasteiger partial charge in [0, 0.05) is 17.1 Å². The summed E-state index contributed by atoms with van der Waals surface area (Å²) in [7, 11) is -4.07. The van der Waals surface area contributed by atoms with Gasteiger partial charge in [0.2, 0.25) is 11.8 Å². The smallest absolute Gasteiger partial charge is 0.264 e. The van der Waals surface area contributed by atoms with E-state index >= 15 is 0 Å². The van der Waals surface area contributed by atoms with Crippen LogP contribution in [0.1, 0.15) is 39.2 Å². The number of hydrogen-bond acceptors (Lipinski definition) is 4. The number of benzene rings is 3. The molecule has 3 aromatic rings. The molecule has 0 heterocycles. The first-order valence-electron chi connectivity index (χ1n) is 12.6. The molecule has 2 unspecified atom stereocenters. The lowest BCUT2D eigenvalue weighted by atomic mass is 10.1. The SMILES string of the molecule is CCC(C)NC(=O)C(CC)N(Cc1ccccc1)C(=O)CN(c1ccc(Br)cc1)S(=O)(=O)c1ccccc1. The summed E-state index contributed by atoms with van der Waals surface area (Å²) in [6, 6.07) is 23.3. The number of hydrogen-bond donors (Lipinski definition) is 1. The Balaban J connectivity index is 2.02. The molecule has 0 spiro atoms. The van der Waals surface area contributed by atoms with E-state index < -0.39 is 28.5 Å². The largest absolute Gasteiger partial charge is 0.352 e. The van der Waals surface area contributed by atoms with Gasteiger partial charge in [0.25, 0.3) is 10.0 Å². The van der Waals surface area contributed by atoms with Crippen LogP contribution in [0.4, 0.5) is 5.69 Å². The van der Waals surface area contributed by atoms with Crippen LogP contribution in [0.25, 0.3) is 0 Å². The van der Waals surface area contributed by atoms with Gasteiger partial charge >= 0.3 is 0 Å². The molecule has 202 valence electrons. The van der Waals surface area contributed by atoms with Crippen LogP contribution >= 0.6 is 15.9 Å². The van der Waals surface area contributed by atoms with E-state index in [-0.39, 0.29) is 23.4 Å². The highest BCUT2D eigenvalue weighted by molar-refractivity contribution is 9.10. The van der Waals surface area contributed by atoms with Crippen molar-refractivity contribution in [3.8, 4) is 0 Å². The zero-order valence-electron chi connectivity index (χ0n) is 21.9. The summed E-state index contributed by atoms with van der Waals surface area (Å²) in [4.78, 5) is 28.8. The van der Waals surface area contributed by atoms with Crippen molar-refractivity contribution in [3.05, 3.63) is 95.0 Å². The second-order valence-corrected chi connectivity index (χ2v) is 11.8. The topological polar surface area (TPSA) is 86.8 Å². The summed E-state index contributed by atoms with van der Waals surface area (Å²) < 4.78 is 29.4. The minimum atomic E-state index is -4.07. The molecule has 3 aromatic carbocycles. The fourth-order valence-electron chi connectivity index (χ4n) is 4.00. The van der Waals surface area contributed by atoms with Crippen molar-refractivity contribution in [2.24, 2.45) is 0 Å². The number of halogens is 1. The molecule has 0 saturated carbocycles. The summed E-state index contributed by atoms with van der Waals surface area (Å²) in [6.07, 6.45) is 1.13. The molecule has 0 aliphatic rings. The molecule has 0 aromatic heterocycles. The van der Waals surface area contributed by atoms with Crippen molar-refractivity contribution in [1.29, 1.82) is 0 Å². The lowest BCUT2D eigenvalue weighted by Gasteiger charge is -2.33. The fraction of sp³-hybridized carbons (Fsp3) is 0.310. The molecule has 0 aliphatic heterocycles. The van der Waals surface area contributed by atoms with Crippen LogP contribution in [0.15, 0.2) is 94.3 Å². The standard InChI is InChI=1S/C29H34BrN3O4S/c1-4-22(3)31-29(35)27(5-2)32(20-23-12-8-6-9-13-23)28(34)21-33(25-18-16-24(30)17-19-25)38(36,37)26-14-10-7-11-15-26/h6-19,22,27H,4-5,20-21H2,1-3H3,(H,31,35).